The summed E-state index contributed by atoms with van der Waals surface area (Å²) in [5, 5.41) is 1.08. The van der Waals surface area contributed by atoms with Crippen LogP contribution in [0.2, 0.25) is 0 Å². The molecule has 1 aromatic carbocycles. The largest absolute Gasteiger partial charge is 0.538 e. The van der Waals surface area contributed by atoms with Crippen LogP contribution in [0.1, 0.15) is 26.3 Å². The molecule has 3 aliphatic rings. The zero-order valence-corrected chi connectivity index (χ0v) is 14.3. The molecule has 4 nitrogen and oxygen atoms in total. The van der Waals surface area contributed by atoms with Gasteiger partial charge in [-0.1, -0.05) is 29.8 Å². The number of nitrogens with zero attached hydrogens (tertiary/aromatic N) is 1. The highest BCUT2D eigenvalue weighted by molar-refractivity contribution is 6.75. The number of rotatable bonds is 1. The highest BCUT2D eigenvalue weighted by Gasteiger charge is 2.51. The molecule has 0 unspecified atom stereocenters. The van der Waals surface area contributed by atoms with E-state index in [-0.39, 0.29) is 18.3 Å². The number of benzene rings is 1. The van der Waals surface area contributed by atoms with Crippen molar-refractivity contribution in [2.45, 2.75) is 46.0 Å². The minimum atomic E-state index is -2.84. The van der Waals surface area contributed by atoms with Crippen LogP contribution >= 0.6 is 0 Å². The summed E-state index contributed by atoms with van der Waals surface area (Å²) in [5.41, 5.74) is 1.24. The fourth-order valence-electron chi connectivity index (χ4n) is 3.27. The molecule has 21 heavy (non-hydrogen) atoms. The van der Waals surface area contributed by atoms with Crippen molar-refractivity contribution < 1.29 is 13.3 Å². The molecule has 0 saturated carbocycles. The molecular weight excluding hydrogens is 282 g/mol. The Hall–Kier alpha value is -0.723. The first-order chi connectivity index (χ1) is 9.97. The Morgan fingerprint density at radius 3 is 1.71 bits per heavy atom. The monoisotopic (exact) mass is 307 g/mol. The van der Waals surface area contributed by atoms with Gasteiger partial charge in [0.05, 0.1) is 18.3 Å². The summed E-state index contributed by atoms with van der Waals surface area (Å²) in [4.78, 5) is 2.38. The van der Waals surface area contributed by atoms with Crippen molar-refractivity contribution in [1.82, 2.24) is 4.90 Å². The van der Waals surface area contributed by atoms with E-state index in [9.17, 15) is 0 Å². The lowest BCUT2D eigenvalue weighted by Crippen LogP contribution is -2.67. The van der Waals surface area contributed by atoms with Crippen LogP contribution in [0.25, 0.3) is 0 Å². The smallest absolute Gasteiger partial charge is 0.366 e. The summed E-state index contributed by atoms with van der Waals surface area (Å²) in [7, 11) is -2.84. The molecule has 3 heterocycles. The van der Waals surface area contributed by atoms with Crippen LogP contribution in [0.4, 0.5) is 0 Å². The molecule has 1 aromatic rings. The van der Waals surface area contributed by atoms with Gasteiger partial charge >= 0.3 is 8.80 Å². The van der Waals surface area contributed by atoms with Gasteiger partial charge in [0.2, 0.25) is 0 Å². The standard InChI is InChI=1S/C16H25NO3Si/c1-12-5-7-16(8-6-12)21-18-13(2)9-17(10-14(3)19-21)11-15(4)20-21/h5-8,13-15H,9-11H2,1-4H3/t13-,14-,15-/m1/s1. The van der Waals surface area contributed by atoms with E-state index in [4.69, 9.17) is 13.3 Å². The zero-order valence-electron chi connectivity index (χ0n) is 13.3. The first kappa shape index (κ1) is 15.2. The van der Waals surface area contributed by atoms with Crippen LogP contribution < -0.4 is 5.19 Å². The molecule has 2 bridgehead atoms. The van der Waals surface area contributed by atoms with Crippen LogP contribution in [0.5, 0.6) is 0 Å². The lowest BCUT2D eigenvalue weighted by Gasteiger charge is -2.45. The van der Waals surface area contributed by atoms with E-state index in [1.54, 1.807) is 0 Å². The summed E-state index contributed by atoms with van der Waals surface area (Å²) in [5.74, 6) is 0. The van der Waals surface area contributed by atoms with Gasteiger partial charge in [-0.2, -0.15) is 0 Å². The van der Waals surface area contributed by atoms with Gasteiger partial charge < -0.3 is 13.3 Å². The van der Waals surface area contributed by atoms with E-state index in [1.807, 2.05) is 0 Å². The van der Waals surface area contributed by atoms with Crippen molar-refractivity contribution >= 4 is 14.0 Å². The number of hydrogen-bond donors (Lipinski definition) is 0. The molecule has 0 spiro atoms. The third kappa shape index (κ3) is 3.22. The van der Waals surface area contributed by atoms with Crippen molar-refractivity contribution in [2.24, 2.45) is 0 Å². The Morgan fingerprint density at radius 1 is 0.857 bits per heavy atom. The summed E-state index contributed by atoms with van der Waals surface area (Å²) in [6, 6.07) is 8.43. The molecule has 0 radical (unpaired) electrons. The molecule has 0 N–H and O–H groups in total. The molecular formula is C16H25NO3Si. The van der Waals surface area contributed by atoms with Crippen molar-refractivity contribution in [3.8, 4) is 0 Å². The molecule has 3 aliphatic heterocycles. The van der Waals surface area contributed by atoms with Crippen LogP contribution in [0, 0.1) is 6.92 Å². The van der Waals surface area contributed by atoms with Crippen LogP contribution in [-0.2, 0) is 13.3 Å². The van der Waals surface area contributed by atoms with E-state index >= 15 is 0 Å². The topological polar surface area (TPSA) is 30.9 Å². The summed E-state index contributed by atoms with van der Waals surface area (Å²) in [6.07, 6.45) is 0.369. The SMILES string of the molecule is Cc1ccc([Si]23O[C@H](C)CN(C[C@@H](C)O2)C[C@@H](C)O3)cc1. The fourth-order valence-corrected chi connectivity index (χ4v) is 6.23. The number of aryl methyl sites for hydroxylation is 1. The molecule has 4 rings (SSSR count). The third-order valence-electron chi connectivity index (χ3n) is 4.02. The Bertz CT molecular complexity index is 457. The Labute approximate surface area is 128 Å². The third-order valence-corrected chi connectivity index (χ3v) is 7.20. The lowest BCUT2D eigenvalue weighted by atomic mass is 10.2. The minimum Gasteiger partial charge on any atom is -0.366 e. The summed E-state index contributed by atoms with van der Waals surface area (Å²) < 4.78 is 19.1. The van der Waals surface area contributed by atoms with E-state index in [0.29, 0.717) is 0 Å². The van der Waals surface area contributed by atoms with Crippen molar-refractivity contribution in [3.05, 3.63) is 29.8 Å². The highest BCUT2D eigenvalue weighted by Crippen LogP contribution is 2.24. The maximum Gasteiger partial charge on any atom is 0.538 e. The Morgan fingerprint density at radius 2 is 1.29 bits per heavy atom. The van der Waals surface area contributed by atoms with Gasteiger partial charge in [0.1, 0.15) is 0 Å². The Balaban J connectivity index is 2.02. The zero-order chi connectivity index (χ0) is 15.0. The van der Waals surface area contributed by atoms with Gasteiger partial charge in [-0.15, -0.1) is 0 Å². The fraction of sp³-hybridized carbons (Fsp3) is 0.625. The average Bonchev–Trinajstić information content (AvgIpc) is 2.35. The van der Waals surface area contributed by atoms with E-state index in [1.165, 1.54) is 5.56 Å². The highest BCUT2D eigenvalue weighted by atomic mass is 28.4. The molecule has 0 aliphatic carbocycles. The van der Waals surface area contributed by atoms with Crippen molar-refractivity contribution in [1.29, 1.82) is 0 Å². The van der Waals surface area contributed by atoms with Gasteiger partial charge in [0.15, 0.2) is 0 Å². The Kier molecular flexibility index (Phi) is 4.20. The quantitative estimate of drug-likeness (QED) is 0.739. The second-order valence-corrected chi connectivity index (χ2v) is 8.82. The average molecular weight is 307 g/mol. The molecule has 3 fully saturated rings. The maximum absolute atomic E-state index is 6.37. The van der Waals surface area contributed by atoms with Crippen molar-refractivity contribution in [2.75, 3.05) is 19.6 Å². The first-order valence-corrected chi connectivity index (χ1v) is 9.52. The van der Waals surface area contributed by atoms with Gasteiger partial charge in [0.25, 0.3) is 0 Å². The molecule has 0 aromatic heterocycles. The van der Waals surface area contributed by atoms with Gasteiger partial charge in [-0.3, -0.25) is 4.90 Å². The molecule has 5 heteroatoms. The van der Waals surface area contributed by atoms with Crippen LogP contribution in [0.15, 0.2) is 24.3 Å². The molecule has 3 saturated heterocycles. The van der Waals surface area contributed by atoms with E-state index in [2.05, 4.69) is 56.9 Å². The molecule has 116 valence electrons. The van der Waals surface area contributed by atoms with Gasteiger partial charge in [-0.25, -0.2) is 0 Å². The predicted molar refractivity (Wildman–Crippen MR) is 84.6 cm³/mol. The van der Waals surface area contributed by atoms with Gasteiger partial charge in [-0.05, 0) is 27.7 Å². The van der Waals surface area contributed by atoms with E-state index in [0.717, 1.165) is 24.8 Å². The first-order valence-electron chi connectivity index (χ1n) is 7.80. The lowest BCUT2D eigenvalue weighted by molar-refractivity contribution is -0.0708. The molecule has 0 amide bonds. The van der Waals surface area contributed by atoms with E-state index < -0.39 is 8.80 Å². The second kappa shape index (κ2) is 5.82. The molecule has 3 atom stereocenters. The maximum atomic E-state index is 6.37. The minimum absolute atomic E-state index is 0.123. The second-order valence-electron chi connectivity index (χ2n) is 6.43. The summed E-state index contributed by atoms with van der Waals surface area (Å²) >= 11 is 0. The van der Waals surface area contributed by atoms with Crippen LogP contribution in [-0.4, -0.2) is 51.7 Å². The normalized spacial score (nSPS) is 40.4. The number of hydrogen-bond acceptors (Lipinski definition) is 4. The van der Waals surface area contributed by atoms with Crippen molar-refractivity contribution in [3.63, 3.8) is 0 Å². The summed E-state index contributed by atoms with van der Waals surface area (Å²) in [6.45, 7) is 11.3. The predicted octanol–water partition coefficient (Wildman–Crippen LogP) is 1.69. The van der Waals surface area contributed by atoms with Gasteiger partial charge in [0, 0.05) is 24.8 Å². The number of fused-ring (bicyclic) bond motifs is 6. The van der Waals surface area contributed by atoms with Crippen LogP contribution in [0.3, 0.4) is 0 Å².